The highest BCUT2D eigenvalue weighted by atomic mass is 32.2. The molecular weight excluding hydrogens is 406 g/mol. The number of nitrogens with zero attached hydrogens (tertiary/aromatic N) is 1. The lowest BCUT2D eigenvalue weighted by Gasteiger charge is -2.31. The van der Waals surface area contributed by atoms with E-state index in [1.165, 1.54) is 34.8 Å². The molecule has 0 atom stereocenters. The highest BCUT2D eigenvalue weighted by Gasteiger charge is 2.30. The lowest BCUT2D eigenvalue weighted by atomic mass is 10.1. The summed E-state index contributed by atoms with van der Waals surface area (Å²) in [7, 11) is -7.65. The van der Waals surface area contributed by atoms with E-state index in [1.54, 1.807) is 13.0 Å². The molecule has 0 bridgehead atoms. The zero-order chi connectivity index (χ0) is 20.5. The molecule has 1 fully saturated rings. The first kappa shape index (κ1) is 20.5. The van der Waals surface area contributed by atoms with E-state index in [4.69, 9.17) is 9.56 Å². The van der Waals surface area contributed by atoms with Gasteiger partial charge in [0.05, 0.1) is 16.1 Å². The van der Waals surface area contributed by atoms with Gasteiger partial charge in [-0.2, -0.15) is 4.31 Å². The number of aryl methyl sites for hydroxylation is 1. The summed E-state index contributed by atoms with van der Waals surface area (Å²) in [4.78, 5) is 12.1. The van der Waals surface area contributed by atoms with E-state index >= 15 is 0 Å². The molecule has 0 radical (unpaired) electrons. The van der Waals surface area contributed by atoms with Crippen LogP contribution >= 0.6 is 0 Å². The Morgan fingerprint density at radius 3 is 2.14 bits per heavy atom. The van der Waals surface area contributed by atoms with Crippen molar-refractivity contribution in [3.63, 3.8) is 0 Å². The average Bonchev–Trinajstić information content (AvgIpc) is 3.08. The number of piperidine rings is 1. The first-order valence-corrected chi connectivity index (χ1v) is 11.6. The van der Waals surface area contributed by atoms with Crippen LogP contribution in [0.1, 0.15) is 29.0 Å². The van der Waals surface area contributed by atoms with Gasteiger partial charge in [-0.15, -0.1) is 0 Å². The van der Waals surface area contributed by atoms with Gasteiger partial charge < -0.3 is 9.73 Å². The molecule has 1 saturated heterocycles. The van der Waals surface area contributed by atoms with Gasteiger partial charge in [0, 0.05) is 24.7 Å². The third kappa shape index (κ3) is 4.27. The van der Waals surface area contributed by atoms with Gasteiger partial charge in [-0.3, -0.25) is 4.79 Å². The van der Waals surface area contributed by atoms with Gasteiger partial charge in [0.25, 0.3) is 5.91 Å². The lowest BCUT2D eigenvalue weighted by molar-refractivity contribution is 0.0894. The second-order valence-electron chi connectivity index (χ2n) is 6.60. The van der Waals surface area contributed by atoms with Crippen molar-refractivity contribution in [1.29, 1.82) is 0 Å². The fourth-order valence-corrected chi connectivity index (χ4v) is 5.03. The van der Waals surface area contributed by atoms with Gasteiger partial charge in [-0.25, -0.2) is 22.0 Å². The number of rotatable bonds is 5. The topological polar surface area (TPSA) is 140 Å². The van der Waals surface area contributed by atoms with Crippen LogP contribution in [0.5, 0.6) is 0 Å². The summed E-state index contributed by atoms with van der Waals surface area (Å²) in [5.74, 6) is -0.0626. The summed E-state index contributed by atoms with van der Waals surface area (Å²) in [6.45, 7) is 2.25. The fourth-order valence-electron chi connectivity index (χ4n) is 3.05. The first-order chi connectivity index (χ1) is 13.1. The van der Waals surface area contributed by atoms with Gasteiger partial charge in [-0.05, 0) is 50.1 Å². The molecule has 11 heteroatoms. The van der Waals surface area contributed by atoms with Crippen LogP contribution in [0.15, 0.2) is 50.8 Å². The molecule has 0 aliphatic carbocycles. The quantitative estimate of drug-likeness (QED) is 0.724. The van der Waals surface area contributed by atoms with E-state index in [0.717, 1.165) is 5.56 Å². The third-order valence-electron chi connectivity index (χ3n) is 4.65. The predicted octanol–water partition coefficient (Wildman–Crippen LogP) is 0.819. The number of carbonyl (C=O) groups excluding carboxylic acids is 1. The minimum atomic E-state index is -3.89. The Bertz CT molecular complexity index is 1070. The molecule has 3 rings (SSSR count). The number of hydrogen-bond acceptors (Lipinski definition) is 6. The number of hydrogen-bond donors (Lipinski definition) is 2. The van der Waals surface area contributed by atoms with Crippen LogP contribution in [-0.4, -0.2) is 46.2 Å². The molecule has 1 aromatic heterocycles. The van der Waals surface area contributed by atoms with Gasteiger partial charge in [0.2, 0.25) is 20.0 Å². The van der Waals surface area contributed by atoms with E-state index < -0.39 is 20.0 Å². The number of carbonyl (C=O) groups is 1. The van der Waals surface area contributed by atoms with Crippen LogP contribution in [0, 0.1) is 6.92 Å². The number of furan rings is 1. The molecule has 2 heterocycles. The monoisotopic (exact) mass is 427 g/mol. The summed E-state index contributed by atoms with van der Waals surface area (Å²) in [5.41, 5.74) is 0.737. The van der Waals surface area contributed by atoms with E-state index in [9.17, 15) is 21.6 Å². The normalized spacial score (nSPS) is 16.8. The molecule has 0 unspecified atom stereocenters. The van der Waals surface area contributed by atoms with Gasteiger partial charge >= 0.3 is 0 Å². The minimum Gasteiger partial charge on any atom is -0.459 e. The first-order valence-electron chi connectivity index (χ1n) is 8.57. The van der Waals surface area contributed by atoms with Crippen molar-refractivity contribution in [2.75, 3.05) is 13.1 Å². The Labute approximate surface area is 163 Å². The van der Waals surface area contributed by atoms with Crippen molar-refractivity contribution in [1.82, 2.24) is 9.62 Å². The van der Waals surface area contributed by atoms with Gasteiger partial charge in [-0.1, -0.05) is 0 Å². The van der Waals surface area contributed by atoms with Crippen LogP contribution < -0.4 is 10.5 Å². The Kier molecular flexibility index (Phi) is 5.62. The molecule has 1 aromatic carbocycles. The molecule has 152 valence electrons. The second-order valence-corrected chi connectivity index (χ2v) is 10.1. The molecule has 1 aliphatic rings. The Balaban J connectivity index is 1.63. The van der Waals surface area contributed by atoms with Crippen molar-refractivity contribution < 1.29 is 26.0 Å². The van der Waals surface area contributed by atoms with Gasteiger partial charge in [0.15, 0.2) is 5.76 Å². The van der Waals surface area contributed by atoms with Crippen LogP contribution in [0.2, 0.25) is 0 Å². The molecule has 0 saturated carbocycles. The van der Waals surface area contributed by atoms with Crippen molar-refractivity contribution in [3.8, 4) is 0 Å². The van der Waals surface area contributed by atoms with Crippen LogP contribution in [-0.2, 0) is 20.0 Å². The zero-order valence-electron chi connectivity index (χ0n) is 15.2. The van der Waals surface area contributed by atoms with Gasteiger partial charge in [0.1, 0.15) is 0 Å². The van der Waals surface area contributed by atoms with Crippen LogP contribution in [0.4, 0.5) is 0 Å². The van der Waals surface area contributed by atoms with E-state index in [2.05, 4.69) is 5.32 Å². The van der Waals surface area contributed by atoms with E-state index in [1.807, 2.05) is 0 Å². The Hall–Kier alpha value is -2.21. The van der Waals surface area contributed by atoms with Crippen LogP contribution in [0.25, 0.3) is 0 Å². The highest BCUT2D eigenvalue weighted by Crippen LogP contribution is 2.22. The van der Waals surface area contributed by atoms with Crippen molar-refractivity contribution in [3.05, 3.63) is 47.9 Å². The standard InChI is InChI=1S/C17H21N3O6S2/c1-12-8-11-26-16(12)17(21)19-13-6-9-20(10-7-13)28(24,25)15-4-2-14(3-5-15)27(18,22)23/h2-5,8,11,13H,6-7,9-10H2,1H3,(H,19,21)(H2,18,22,23). The third-order valence-corrected chi connectivity index (χ3v) is 7.49. The molecule has 1 amide bonds. The number of nitrogens with one attached hydrogen (secondary N) is 1. The Morgan fingerprint density at radius 2 is 1.64 bits per heavy atom. The lowest BCUT2D eigenvalue weighted by Crippen LogP contribution is -2.46. The smallest absolute Gasteiger partial charge is 0.287 e. The second kappa shape index (κ2) is 7.66. The molecule has 9 nitrogen and oxygen atoms in total. The summed E-state index contributed by atoms with van der Waals surface area (Å²) < 4.78 is 54.6. The summed E-state index contributed by atoms with van der Waals surface area (Å²) in [6, 6.07) is 6.33. The maximum absolute atomic E-state index is 12.8. The van der Waals surface area contributed by atoms with Crippen LogP contribution in [0.3, 0.4) is 0 Å². The van der Waals surface area contributed by atoms with E-state index in [-0.39, 0.29) is 40.6 Å². The minimum absolute atomic E-state index is 0.00593. The molecule has 3 N–H and O–H groups in total. The maximum Gasteiger partial charge on any atom is 0.287 e. The fraction of sp³-hybridized carbons (Fsp3) is 0.353. The largest absolute Gasteiger partial charge is 0.459 e. The molecular formula is C17H21N3O6S2. The van der Waals surface area contributed by atoms with Crippen molar-refractivity contribution >= 4 is 26.0 Å². The molecule has 28 heavy (non-hydrogen) atoms. The maximum atomic E-state index is 12.8. The number of benzene rings is 1. The molecule has 0 spiro atoms. The van der Waals surface area contributed by atoms with Crippen molar-refractivity contribution in [2.45, 2.75) is 35.6 Å². The number of nitrogens with two attached hydrogens (primary N) is 1. The zero-order valence-corrected chi connectivity index (χ0v) is 16.8. The molecule has 2 aromatic rings. The average molecular weight is 428 g/mol. The highest BCUT2D eigenvalue weighted by molar-refractivity contribution is 7.89. The summed E-state index contributed by atoms with van der Waals surface area (Å²) >= 11 is 0. The number of primary sulfonamides is 1. The summed E-state index contributed by atoms with van der Waals surface area (Å²) in [5, 5.41) is 7.89. The number of sulfonamides is 2. The van der Waals surface area contributed by atoms with E-state index in [0.29, 0.717) is 12.8 Å². The Morgan fingerprint density at radius 1 is 1.07 bits per heavy atom. The summed E-state index contributed by atoms with van der Waals surface area (Å²) in [6.07, 6.45) is 2.36. The predicted molar refractivity (Wildman–Crippen MR) is 101 cm³/mol. The SMILES string of the molecule is Cc1ccoc1C(=O)NC1CCN(S(=O)(=O)c2ccc(S(N)(=O)=O)cc2)CC1. The number of amides is 1. The molecule has 1 aliphatic heterocycles. The van der Waals surface area contributed by atoms with Crippen molar-refractivity contribution in [2.24, 2.45) is 5.14 Å².